The molecule has 2 N–H and O–H groups in total. The van der Waals surface area contributed by atoms with Gasteiger partial charge in [-0.05, 0) is 64.2 Å². The van der Waals surface area contributed by atoms with Gasteiger partial charge in [0.15, 0.2) is 0 Å². The number of carbonyl (C=O) groups is 2. The topological polar surface area (TPSA) is 74.6 Å². The van der Waals surface area contributed by atoms with Crippen LogP contribution in [0.1, 0.15) is 194 Å². The average molecular weight is 593 g/mol. The van der Waals surface area contributed by atoms with E-state index in [1.165, 1.54) is 141 Å². The van der Waals surface area contributed by atoms with Crippen molar-refractivity contribution in [2.75, 3.05) is 0 Å². The Bertz CT molecular complexity index is 532. The predicted molar refractivity (Wildman–Crippen MR) is 185 cm³/mol. The Hall–Kier alpha value is -1.84. The maximum Gasteiger partial charge on any atom is 0.303 e. The monoisotopic (exact) mass is 593 g/mol. The maximum atomic E-state index is 10.3. The minimum absolute atomic E-state index is 0.332. The summed E-state index contributed by atoms with van der Waals surface area (Å²) in [6, 6.07) is 0. The first kappa shape index (κ1) is 44.6. The molecule has 0 aromatic heterocycles. The first-order chi connectivity index (χ1) is 20.5. The first-order valence-electron chi connectivity index (χ1n) is 17.8. The first-order valence-corrected chi connectivity index (χ1v) is 17.8. The van der Waals surface area contributed by atoms with Crippen LogP contribution in [0.25, 0.3) is 0 Å². The molecule has 0 saturated carbocycles. The Morgan fingerprint density at radius 2 is 0.619 bits per heavy atom. The van der Waals surface area contributed by atoms with Crippen molar-refractivity contribution < 1.29 is 19.8 Å². The third-order valence-corrected chi connectivity index (χ3v) is 7.30. The molecule has 0 radical (unpaired) electrons. The Kier molecular flexibility index (Phi) is 46.3. The Morgan fingerprint density at radius 3 is 0.857 bits per heavy atom. The molecule has 0 aliphatic heterocycles. The predicted octanol–water partition coefficient (Wildman–Crippen LogP) is 13.0. The van der Waals surface area contributed by atoms with Crippen molar-refractivity contribution in [3.05, 3.63) is 37.5 Å². The molecule has 0 unspecified atom stereocenters. The molecule has 0 heterocycles. The summed E-state index contributed by atoms with van der Waals surface area (Å²) in [5, 5.41) is 17.0. The second-order valence-electron chi connectivity index (χ2n) is 11.5. The van der Waals surface area contributed by atoms with Gasteiger partial charge in [-0.2, -0.15) is 0 Å². The molecule has 4 heteroatoms. The number of hydrogen-bond donors (Lipinski definition) is 2. The van der Waals surface area contributed by atoms with E-state index in [1.54, 1.807) is 0 Å². The number of hydrogen-bond acceptors (Lipinski definition) is 2. The van der Waals surface area contributed by atoms with Gasteiger partial charge in [-0.3, -0.25) is 9.59 Å². The van der Waals surface area contributed by atoms with Gasteiger partial charge in [-0.15, -0.1) is 13.2 Å². The van der Waals surface area contributed by atoms with E-state index in [0.29, 0.717) is 12.8 Å². The standard InChI is InChI=1S/2C18H34O2.C2H4/c2*1-2-3-4-5-6-7-8-9-10-11-12-13-14-15-16-17-18(19)20;1-2/h2*9-10H,2-8,11-17H2,1H3,(H,19,20);1-2H2/b2*10-9-;. The molecule has 4 nitrogen and oxygen atoms in total. The summed E-state index contributed by atoms with van der Waals surface area (Å²) in [5.74, 6) is -1.33. The molecule has 0 fully saturated rings. The molecular formula is C38H72O4. The van der Waals surface area contributed by atoms with E-state index in [9.17, 15) is 9.59 Å². The quantitative estimate of drug-likeness (QED) is 0.0642. The Morgan fingerprint density at radius 1 is 0.405 bits per heavy atom. The molecule has 0 atom stereocenters. The molecule has 0 aromatic rings. The van der Waals surface area contributed by atoms with Gasteiger partial charge in [-0.25, -0.2) is 0 Å². The van der Waals surface area contributed by atoms with E-state index in [4.69, 9.17) is 10.2 Å². The highest BCUT2D eigenvalue weighted by Crippen LogP contribution is 2.11. The van der Waals surface area contributed by atoms with Crippen molar-refractivity contribution in [1.82, 2.24) is 0 Å². The van der Waals surface area contributed by atoms with Crippen LogP contribution in [0.4, 0.5) is 0 Å². The average Bonchev–Trinajstić information content (AvgIpc) is 2.98. The van der Waals surface area contributed by atoms with Crippen LogP contribution in [0.5, 0.6) is 0 Å². The van der Waals surface area contributed by atoms with E-state index in [-0.39, 0.29) is 0 Å². The van der Waals surface area contributed by atoms with E-state index in [1.807, 2.05) is 0 Å². The lowest BCUT2D eigenvalue weighted by molar-refractivity contribution is -0.138. The summed E-state index contributed by atoms with van der Waals surface area (Å²) in [4.78, 5) is 20.6. The molecule has 0 rings (SSSR count). The molecule has 0 aliphatic rings. The fraction of sp³-hybridized carbons (Fsp3) is 0.789. The van der Waals surface area contributed by atoms with Gasteiger partial charge in [0, 0.05) is 12.8 Å². The smallest absolute Gasteiger partial charge is 0.303 e. The lowest BCUT2D eigenvalue weighted by Crippen LogP contribution is -1.93. The van der Waals surface area contributed by atoms with E-state index >= 15 is 0 Å². The normalized spacial score (nSPS) is 10.8. The molecule has 0 aromatic carbocycles. The Balaban J connectivity index is -0.000000683. The molecular weight excluding hydrogens is 520 g/mol. The van der Waals surface area contributed by atoms with Crippen LogP contribution < -0.4 is 0 Å². The van der Waals surface area contributed by atoms with Gasteiger partial charge < -0.3 is 10.2 Å². The molecule has 0 saturated heterocycles. The van der Waals surface area contributed by atoms with Crippen molar-refractivity contribution in [2.45, 2.75) is 194 Å². The number of rotatable bonds is 30. The fourth-order valence-corrected chi connectivity index (χ4v) is 4.69. The van der Waals surface area contributed by atoms with Crippen LogP contribution in [-0.2, 0) is 9.59 Å². The van der Waals surface area contributed by atoms with Crippen LogP contribution >= 0.6 is 0 Å². The lowest BCUT2D eigenvalue weighted by atomic mass is 10.1. The van der Waals surface area contributed by atoms with Crippen molar-refractivity contribution in [2.24, 2.45) is 0 Å². The summed E-state index contributed by atoms with van der Waals surface area (Å²) in [6.07, 6.45) is 42.5. The minimum Gasteiger partial charge on any atom is -0.481 e. The van der Waals surface area contributed by atoms with Gasteiger partial charge in [0.1, 0.15) is 0 Å². The summed E-state index contributed by atoms with van der Waals surface area (Å²) < 4.78 is 0. The summed E-state index contributed by atoms with van der Waals surface area (Å²) >= 11 is 0. The molecule has 0 amide bonds. The number of carboxylic acid groups (broad SMARTS) is 2. The zero-order valence-electron chi connectivity index (χ0n) is 28.2. The van der Waals surface area contributed by atoms with Gasteiger partial charge in [0.2, 0.25) is 0 Å². The number of allylic oxidation sites excluding steroid dienone is 4. The number of aliphatic carboxylic acids is 2. The lowest BCUT2D eigenvalue weighted by Gasteiger charge is -1.99. The molecule has 42 heavy (non-hydrogen) atoms. The van der Waals surface area contributed by atoms with E-state index in [0.717, 1.165) is 25.7 Å². The van der Waals surface area contributed by atoms with Crippen LogP contribution in [0.15, 0.2) is 37.5 Å². The summed E-state index contributed by atoms with van der Waals surface area (Å²) in [7, 11) is 0. The van der Waals surface area contributed by atoms with E-state index in [2.05, 4.69) is 51.3 Å². The van der Waals surface area contributed by atoms with Gasteiger partial charge in [-0.1, -0.05) is 141 Å². The number of carboxylic acids is 2. The largest absolute Gasteiger partial charge is 0.481 e. The third-order valence-electron chi connectivity index (χ3n) is 7.30. The van der Waals surface area contributed by atoms with Gasteiger partial charge >= 0.3 is 11.9 Å². The van der Waals surface area contributed by atoms with Gasteiger partial charge in [0.25, 0.3) is 0 Å². The summed E-state index contributed by atoms with van der Waals surface area (Å²) in [5.41, 5.74) is 0. The van der Waals surface area contributed by atoms with Crippen LogP contribution in [0, 0.1) is 0 Å². The second kappa shape index (κ2) is 43.6. The molecule has 248 valence electrons. The Labute approximate surface area is 262 Å². The van der Waals surface area contributed by atoms with Crippen molar-refractivity contribution in [1.29, 1.82) is 0 Å². The van der Waals surface area contributed by atoms with Crippen molar-refractivity contribution in [3.8, 4) is 0 Å². The van der Waals surface area contributed by atoms with Gasteiger partial charge in [0.05, 0.1) is 0 Å². The highest BCUT2D eigenvalue weighted by atomic mass is 16.4. The minimum atomic E-state index is -0.664. The molecule has 0 bridgehead atoms. The van der Waals surface area contributed by atoms with Crippen LogP contribution in [0.3, 0.4) is 0 Å². The van der Waals surface area contributed by atoms with E-state index < -0.39 is 11.9 Å². The SMILES string of the molecule is C=C.CCCCCCCC/C=C\CCCCCCCC(=O)O.CCCCCCCC/C=C\CCCCCCCC(=O)O. The summed E-state index contributed by atoms with van der Waals surface area (Å²) in [6.45, 7) is 10.5. The molecule has 0 aliphatic carbocycles. The maximum absolute atomic E-state index is 10.3. The highest BCUT2D eigenvalue weighted by Gasteiger charge is 1.97. The zero-order valence-corrected chi connectivity index (χ0v) is 28.2. The van der Waals surface area contributed by atoms with Crippen molar-refractivity contribution in [3.63, 3.8) is 0 Å². The second-order valence-corrected chi connectivity index (χ2v) is 11.5. The molecule has 0 spiro atoms. The van der Waals surface area contributed by atoms with Crippen LogP contribution in [0.2, 0.25) is 0 Å². The number of unbranched alkanes of at least 4 members (excludes halogenated alkanes) is 22. The van der Waals surface area contributed by atoms with Crippen molar-refractivity contribution >= 4 is 11.9 Å². The van der Waals surface area contributed by atoms with Crippen LogP contribution in [-0.4, -0.2) is 22.2 Å². The third kappa shape index (κ3) is 50.9. The fourth-order valence-electron chi connectivity index (χ4n) is 4.69. The zero-order chi connectivity index (χ0) is 31.8. The highest BCUT2D eigenvalue weighted by molar-refractivity contribution is 5.66.